The molecule has 1 aromatic heterocycles. The van der Waals surface area contributed by atoms with E-state index in [4.69, 9.17) is 9.84 Å². The van der Waals surface area contributed by atoms with Gasteiger partial charge in [-0.2, -0.15) is 5.10 Å². The number of carbonyl (C=O) groups excluding carboxylic acids is 1. The van der Waals surface area contributed by atoms with Crippen molar-refractivity contribution >= 4 is 5.91 Å². The highest BCUT2D eigenvalue weighted by Gasteiger charge is 2.38. The molecule has 7 heteroatoms. The Labute approximate surface area is 181 Å². The first-order valence-electron chi connectivity index (χ1n) is 10.3. The molecule has 0 saturated carbocycles. The van der Waals surface area contributed by atoms with Gasteiger partial charge < -0.3 is 10.1 Å². The van der Waals surface area contributed by atoms with E-state index in [0.29, 0.717) is 24.3 Å². The maximum atomic E-state index is 14.5. The molecule has 2 aromatic carbocycles. The van der Waals surface area contributed by atoms with Crippen LogP contribution in [0.3, 0.4) is 0 Å². The topological polar surface area (TPSA) is 59.4 Å². The van der Waals surface area contributed by atoms with Crippen LogP contribution in [0.15, 0.2) is 48.7 Å². The number of benzene rings is 2. The van der Waals surface area contributed by atoms with Crippen molar-refractivity contribution < 1.29 is 13.9 Å². The highest BCUT2D eigenvalue weighted by molar-refractivity contribution is 5.86. The molecule has 0 unspecified atom stereocenters. The summed E-state index contributed by atoms with van der Waals surface area (Å²) in [5.41, 5.74) is 3.68. The quantitative estimate of drug-likeness (QED) is 0.681. The fourth-order valence-corrected chi connectivity index (χ4v) is 3.95. The second-order valence-electron chi connectivity index (χ2n) is 8.32. The van der Waals surface area contributed by atoms with Crippen molar-refractivity contribution in [2.24, 2.45) is 0 Å². The Bertz CT molecular complexity index is 1120. The van der Waals surface area contributed by atoms with E-state index in [1.807, 2.05) is 62.0 Å². The highest BCUT2D eigenvalue weighted by Crippen LogP contribution is 2.31. The maximum Gasteiger partial charge on any atom is 0.240 e. The van der Waals surface area contributed by atoms with Crippen LogP contribution in [0.25, 0.3) is 16.9 Å². The van der Waals surface area contributed by atoms with Crippen LogP contribution in [0.5, 0.6) is 5.75 Å². The van der Waals surface area contributed by atoms with Gasteiger partial charge in [0.05, 0.1) is 24.0 Å². The molecule has 1 N–H and O–H groups in total. The lowest BCUT2D eigenvalue weighted by Gasteiger charge is -2.41. The summed E-state index contributed by atoms with van der Waals surface area (Å²) in [5.74, 6) is -0.242. The van der Waals surface area contributed by atoms with Gasteiger partial charge in [0.1, 0.15) is 0 Å². The van der Waals surface area contributed by atoms with Gasteiger partial charge in [0, 0.05) is 37.0 Å². The van der Waals surface area contributed by atoms with Crippen LogP contribution in [-0.4, -0.2) is 46.3 Å². The van der Waals surface area contributed by atoms with Crippen LogP contribution < -0.4 is 10.1 Å². The lowest BCUT2D eigenvalue weighted by Crippen LogP contribution is -2.61. The number of halogens is 1. The molecule has 0 radical (unpaired) electrons. The molecule has 1 aliphatic heterocycles. The molecule has 6 nitrogen and oxygen atoms in total. The molecular formula is C24H27FN4O2. The predicted molar refractivity (Wildman–Crippen MR) is 118 cm³/mol. The number of nitrogens with zero attached hydrogens (tertiary/aromatic N) is 3. The van der Waals surface area contributed by atoms with E-state index < -0.39 is 11.4 Å². The summed E-state index contributed by atoms with van der Waals surface area (Å²) in [6.07, 6.45) is 1.97. The van der Waals surface area contributed by atoms with E-state index in [1.54, 1.807) is 6.07 Å². The van der Waals surface area contributed by atoms with Gasteiger partial charge in [-0.3, -0.25) is 9.69 Å². The number of aryl methyl sites for hydroxylation is 1. The summed E-state index contributed by atoms with van der Waals surface area (Å²) in [6.45, 7) is 7.71. The van der Waals surface area contributed by atoms with Gasteiger partial charge >= 0.3 is 0 Å². The van der Waals surface area contributed by atoms with Crippen molar-refractivity contribution in [2.75, 3.05) is 20.2 Å². The first-order valence-corrected chi connectivity index (χ1v) is 10.3. The molecule has 0 aliphatic carbocycles. The lowest BCUT2D eigenvalue weighted by atomic mass is 9.97. The van der Waals surface area contributed by atoms with Crippen LogP contribution in [0.2, 0.25) is 0 Å². The Balaban J connectivity index is 1.80. The van der Waals surface area contributed by atoms with Gasteiger partial charge in [0.25, 0.3) is 0 Å². The summed E-state index contributed by atoms with van der Waals surface area (Å²) in [5, 5.41) is 7.75. The Hall–Kier alpha value is -3.19. The predicted octanol–water partition coefficient (Wildman–Crippen LogP) is 3.71. The Morgan fingerprint density at radius 2 is 2.00 bits per heavy atom. The van der Waals surface area contributed by atoms with Gasteiger partial charge in [-0.05, 0) is 50.6 Å². The average molecular weight is 423 g/mol. The van der Waals surface area contributed by atoms with Crippen molar-refractivity contribution in [2.45, 2.75) is 32.9 Å². The number of piperazine rings is 1. The fourth-order valence-electron chi connectivity index (χ4n) is 3.95. The first kappa shape index (κ1) is 21.1. The molecule has 0 spiro atoms. The van der Waals surface area contributed by atoms with Crippen molar-refractivity contribution in [1.82, 2.24) is 20.0 Å². The number of rotatable bonds is 5. The smallest absolute Gasteiger partial charge is 0.240 e. The Kier molecular flexibility index (Phi) is 5.54. The van der Waals surface area contributed by atoms with E-state index in [9.17, 15) is 9.18 Å². The monoisotopic (exact) mass is 422 g/mol. The van der Waals surface area contributed by atoms with Crippen molar-refractivity contribution in [1.29, 1.82) is 0 Å². The largest absolute Gasteiger partial charge is 0.494 e. The molecule has 162 valence electrons. The van der Waals surface area contributed by atoms with Crippen LogP contribution in [-0.2, 0) is 11.3 Å². The second kappa shape index (κ2) is 8.15. The number of methoxy groups -OCH3 is 1. The molecule has 1 aliphatic rings. The number of nitrogens with one attached hydrogen (secondary N) is 1. The van der Waals surface area contributed by atoms with Gasteiger partial charge in [-0.1, -0.05) is 18.2 Å². The minimum atomic E-state index is -0.647. The summed E-state index contributed by atoms with van der Waals surface area (Å²) in [7, 11) is 1.44. The van der Waals surface area contributed by atoms with Crippen LogP contribution in [0.1, 0.15) is 25.0 Å². The van der Waals surface area contributed by atoms with Crippen LogP contribution >= 0.6 is 0 Å². The number of ether oxygens (including phenoxy) is 1. The van der Waals surface area contributed by atoms with Crippen molar-refractivity contribution in [3.8, 4) is 22.7 Å². The number of amides is 1. The molecule has 1 fully saturated rings. The zero-order valence-corrected chi connectivity index (χ0v) is 18.3. The van der Waals surface area contributed by atoms with Crippen molar-refractivity contribution in [3.05, 3.63) is 65.6 Å². The van der Waals surface area contributed by atoms with E-state index >= 15 is 0 Å². The molecule has 1 amide bonds. The Morgan fingerprint density at radius 1 is 1.23 bits per heavy atom. The average Bonchev–Trinajstić information content (AvgIpc) is 3.15. The minimum Gasteiger partial charge on any atom is -0.494 e. The normalized spacial score (nSPS) is 16.2. The molecule has 2 heterocycles. The van der Waals surface area contributed by atoms with E-state index in [0.717, 1.165) is 23.4 Å². The number of hydrogen-bond donors (Lipinski definition) is 1. The zero-order chi connectivity index (χ0) is 22.2. The summed E-state index contributed by atoms with van der Waals surface area (Å²) >= 11 is 0. The van der Waals surface area contributed by atoms with Gasteiger partial charge in [-0.25, -0.2) is 9.07 Å². The standard InChI is InChI=1S/C24H27FN4O2/c1-16-7-5-6-8-20(16)29-15-18(14-28-12-11-26-23(30)24(28,2)3)22(27-29)17-9-10-21(31-4)19(25)13-17/h5-10,13,15H,11-12,14H2,1-4H3,(H,26,30). The molecule has 1 saturated heterocycles. The second-order valence-corrected chi connectivity index (χ2v) is 8.32. The number of hydrogen-bond acceptors (Lipinski definition) is 4. The molecule has 4 rings (SSSR count). The van der Waals surface area contributed by atoms with E-state index in [2.05, 4.69) is 10.2 Å². The zero-order valence-electron chi connectivity index (χ0n) is 18.3. The lowest BCUT2D eigenvalue weighted by molar-refractivity contribution is -0.135. The molecule has 0 atom stereocenters. The van der Waals surface area contributed by atoms with E-state index in [1.165, 1.54) is 13.2 Å². The summed E-state index contributed by atoms with van der Waals surface area (Å²) in [6, 6.07) is 12.8. The summed E-state index contributed by atoms with van der Waals surface area (Å²) < 4.78 is 21.4. The third kappa shape index (κ3) is 3.93. The van der Waals surface area contributed by atoms with Gasteiger partial charge in [0.2, 0.25) is 5.91 Å². The SMILES string of the molecule is COc1ccc(-c2nn(-c3ccccc3C)cc2CN2CCNC(=O)C2(C)C)cc1F. The third-order valence-corrected chi connectivity index (χ3v) is 5.95. The molecule has 3 aromatic rings. The van der Waals surface area contributed by atoms with Gasteiger partial charge in [0.15, 0.2) is 11.6 Å². The third-order valence-electron chi connectivity index (χ3n) is 5.95. The fraction of sp³-hybridized carbons (Fsp3) is 0.333. The number of aromatic nitrogens is 2. The summed E-state index contributed by atoms with van der Waals surface area (Å²) in [4.78, 5) is 14.6. The van der Waals surface area contributed by atoms with Crippen LogP contribution in [0, 0.1) is 12.7 Å². The van der Waals surface area contributed by atoms with E-state index in [-0.39, 0.29) is 11.7 Å². The molecule has 0 bridgehead atoms. The molecular weight excluding hydrogens is 395 g/mol. The Morgan fingerprint density at radius 3 is 2.71 bits per heavy atom. The molecule has 31 heavy (non-hydrogen) atoms. The number of para-hydroxylation sites is 1. The van der Waals surface area contributed by atoms with Gasteiger partial charge in [-0.15, -0.1) is 0 Å². The van der Waals surface area contributed by atoms with Crippen LogP contribution in [0.4, 0.5) is 4.39 Å². The minimum absolute atomic E-state index is 0.00193. The first-order chi connectivity index (χ1) is 14.8. The maximum absolute atomic E-state index is 14.5. The highest BCUT2D eigenvalue weighted by atomic mass is 19.1. The van der Waals surface area contributed by atoms with Crippen molar-refractivity contribution in [3.63, 3.8) is 0 Å². The number of carbonyl (C=O) groups is 1.